The number of methoxy groups -OCH3 is 1. The lowest BCUT2D eigenvalue weighted by Crippen LogP contribution is -2.30. The molecule has 2 rings (SSSR count). The quantitative estimate of drug-likeness (QED) is 0.887. The second kappa shape index (κ2) is 7.19. The number of carboxylic acids is 1. The first-order valence-electron chi connectivity index (χ1n) is 7.10. The van der Waals surface area contributed by atoms with Crippen LogP contribution in [0.25, 0.3) is 0 Å². The lowest BCUT2D eigenvalue weighted by molar-refractivity contribution is -0.143. The number of carbonyl (C=O) groups is 1. The zero-order chi connectivity index (χ0) is 17.0. The highest BCUT2D eigenvalue weighted by Gasteiger charge is 2.26. The van der Waals surface area contributed by atoms with Crippen molar-refractivity contribution in [3.05, 3.63) is 59.2 Å². The molecule has 0 aliphatic carbocycles. The van der Waals surface area contributed by atoms with Crippen molar-refractivity contribution in [2.75, 3.05) is 14.2 Å². The zero-order valence-electron chi connectivity index (χ0n) is 13.3. The van der Waals surface area contributed by atoms with E-state index in [0.29, 0.717) is 12.1 Å². The van der Waals surface area contributed by atoms with Crippen LogP contribution in [0.3, 0.4) is 0 Å². The lowest BCUT2D eigenvalue weighted by atomic mass is 10.0. The minimum absolute atomic E-state index is 0.0884. The molecule has 1 N–H and O–H groups in total. The predicted octanol–water partition coefficient (Wildman–Crippen LogP) is 2.80. The van der Waals surface area contributed by atoms with Crippen LogP contribution in [-0.4, -0.2) is 35.1 Å². The summed E-state index contributed by atoms with van der Waals surface area (Å²) in [7, 11) is 3.06. The summed E-state index contributed by atoms with van der Waals surface area (Å²) in [5, 5.41) is 9.55. The van der Waals surface area contributed by atoms with Crippen LogP contribution >= 0.6 is 0 Å². The van der Waals surface area contributed by atoms with Gasteiger partial charge in [0.05, 0.1) is 7.11 Å². The van der Waals surface area contributed by atoms with Gasteiger partial charge in [0.15, 0.2) is 11.6 Å². The van der Waals surface area contributed by atoms with Gasteiger partial charge in [-0.15, -0.1) is 0 Å². The number of aliphatic carboxylic acids is 1. The molecule has 1 aromatic heterocycles. The highest BCUT2D eigenvalue weighted by Crippen LogP contribution is 2.26. The Morgan fingerprint density at radius 3 is 2.74 bits per heavy atom. The fourth-order valence-corrected chi connectivity index (χ4v) is 2.48. The van der Waals surface area contributed by atoms with Crippen molar-refractivity contribution >= 4 is 5.97 Å². The Morgan fingerprint density at radius 2 is 2.17 bits per heavy atom. The topological polar surface area (TPSA) is 62.7 Å². The monoisotopic (exact) mass is 318 g/mol. The molecule has 0 aliphatic rings. The molecule has 0 aliphatic heterocycles. The Labute approximate surface area is 134 Å². The summed E-state index contributed by atoms with van der Waals surface area (Å²) >= 11 is 0. The Hall–Kier alpha value is -2.47. The molecule has 0 spiro atoms. The first-order valence-corrected chi connectivity index (χ1v) is 7.10. The maximum absolute atomic E-state index is 13.9. The van der Waals surface area contributed by atoms with Crippen molar-refractivity contribution in [3.63, 3.8) is 0 Å². The van der Waals surface area contributed by atoms with Gasteiger partial charge >= 0.3 is 5.97 Å². The minimum Gasteiger partial charge on any atom is -0.494 e. The van der Waals surface area contributed by atoms with Crippen LogP contribution < -0.4 is 4.74 Å². The van der Waals surface area contributed by atoms with Gasteiger partial charge in [-0.2, -0.15) is 0 Å². The summed E-state index contributed by atoms with van der Waals surface area (Å²) in [6.07, 6.45) is 3.39. The number of halogens is 1. The molecule has 122 valence electrons. The fourth-order valence-electron chi connectivity index (χ4n) is 2.48. The lowest BCUT2D eigenvalue weighted by Gasteiger charge is -2.25. The van der Waals surface area contributed by atoms with E-state index in [-0.39, 0.29) is 5.75 Å². The number of hydrogen-bond acceptors (Lipinski definition) is 4. The van der Waals surface area contributed by atoms with Crippen molar-refractivity contribution in [2.45, 2.75) is 19.5 Å². The molecule has 0 saturated heterocycles. The molecule has 0 saturated carbocycles. The van der Waals surface area contributed by atoms with E-state index in [4.69, 9.17) is 4.74 Å². The summed E-state index contributed by atoms with van der Waals surface area (Å²) in [4.78, 5) is 17.4. The molecule has 0 fully saturated rings. The first-order chi connectivity index (χ1) is 10.9. The van der Waals surface area contributed by atoms with Gasteiger partial charge in [0.25, 0.3) is 0 Å². The van der Waals surface area contributed by atoms with E-state index in [9.17, 15) is 14.3 Å². The van der Waals surface area contributed by atoms with Crippen LogP contribution in [0.2, 0.25) is 0 Å². The van der Waals surface area contributed by atoms with E-state index in [1.165, 1.54) is 19.2 Å². The van der Waals surface area contributed by atoms with E-state index in [0.717, 1.165) is 11.1 Å². The zero-order valence-corrected chi connectivity index (χ0v) is 13.3. The molecule has 0 amide bonds. The van der Waals surface area contributed by atoms with E-state index in [1.54, 1.807) is 30.4 Å². The van der Waals surface area contributed by atoms with E-state index >= 15 is 0 Å². The van der Waals surface area contributed by atoms with Crippen LogP contribution in [0.5, 0.6) is 5.75 Å². The molecule has 1 aromatic carbocycles. The number of pyridine rings is 1. The van der Waals surface area contributed by atoms with Crippen molar-refractivity contribution < 1.29 is 19.0 Å². The Kier molecular flexibility index (Phi) is 5.28. The van der Waals surface area contributed by atoms with Gasteiger partial charge in [-0.3, -0.25) is 14.7 Å². The summed E-state index contributed by atoms with van der Waals surface area (Å²) < 4.78 is 18.8. The molecule has 0 radical (unpaired) electrons. The maximum Gasteiger partial charge on any atom is 0.325 e. The van der Waals surface area contributed by atoms with Crippen LogP contribution in [0.4, 0.5) is 4.39 Å². The third-order valence-electron chi connectivity index (χ3n) is 3.72. The van der Waals surface area contributed by atoms with Crippen LogP contribution in [0, 0.1) is 12.7 Å². The molecule has 5 nitrogen and oxygen atoms in total. The Morgan fingerprint density at radius 1 is 1.43 bits per heavy atom. The molecule has 6 heteroatoms. The number of nitrogens with zero attached hydrogens (tertiary/aromatic N) is 2. The van der Waals surface area contributed by atoms with Gasteiger partial charge in [0.1, 0.15) is 6.04 Å². The van der Waals surface area contributed by atoms with Crippen LogP contribution in [0.1, 0.15) is 22.7 Å². The Bertz CT molecular complexity index is 706. The standard InChI is InChI=1S/C17H19FN2O3/c1-11-9-19-7-6-13(11)10-20(2)16(17(21)22)12-4-5-15(23-3)14(18)8-12/h4-9,16H,10H2,1-3H3,(H,21,22). The van der Waals surface area contributed by atoms with Crippen molar-refractivity contribution in [3.8, 4) is 5.75 Å². The van der Waals surface area contributed by atoms with Crippen LogP contribution in [0.15, 0.2) is 36.7 Å². The second-order valence-corrected chi connectivity index (χ2v) is 5.35. The minimum atomic E-state index is -1.04. The number of aromatic nitrogens is 1. The molecular weight excluding hydrogens is 299 g/mol. The Balaban J connectivity index is 2.29. The van der Waals surface area contributed by atoms with E-state index in [1.807, 2.05) is 13.0 Å². The number of aryl methyl sites for hydroxylation is 1. The summed E-state index contributed by atoms with van der Waals surface area (Å²) in [6, 6.07) is 5.10. The number of carboxylic acid groups (broad SMARTS) is 1. The van der Waals surface area contributed by atoms with Crippen LogP contribution in [-0.2, 0) is 11.3 Å². The largest absolute Gasteiger partial charge is 0.494 e. The second-order valence-electron chi connectivity index (χ2n) is 5.35. The van der Waals surface area contributed by atoms with Gasteiger partial charge in [-0.05, 0) is 48.9 Å². The molecule has 1 atom stereocenters. The molecular formula is C17H19FN2O3. The molecule has 0 bridgehead atoms. The maximum atomic E-state index is 13.9. The SMILES string of the molecule is COc1ccc(C(C(=O)O)N(C)Cc2ccncc2C)cc1F. The van der Waals surface area contributed by atoms with Crippen molar-refractivity contribution in [2.24, 2.45) is 0 Å². The number of likely N-dealkylation sites (N-methyl/N-ethyl adjacent to an activating group) is 1. The van der Waals surface area contributed by atoms with Gasteiger partial charge in [-0.25, -0.2) is 4.39 Å². The van der Waals surface area contributed by atoms with Crippen molar-refractivity contribution in [1.82, 2.24) is 9.88 Å². The smallest absolute Gasteiger partial charge is 0.325 e. The van der Waals surface area contributed by atoms with Gasteiger partial charge in [0, 0.05) is 18.9 Å². The third-order valence-corrected chi connectivity index (χ3v) is 3.72. The molecule has 1 unspecified atom stereocenters. The highest BCUT2D eigenvalue weighted by atomic mass is 19.1. The number of hydrogen-bond donors (Lipinski definition) is 1. The van der Waals surface area contributed by atoms with Gasteiger partial charge < -0.3 is 9.84 Å². The van der Waals surface area contributed by atoms with Crippen molar-refractivity contribution in [1.29, 1.82) is 0 Å². The molecule has 23 heavy (non-hydrogen) atoms. The fraction of sp³-hybridized carbons (Fsp3) is 0.294. The molecule has 2 aromatic rings. The summed E-state index contributed by atoms with van der Waals surface area (Å²) in [6.45, 7) is 2.33. The third kappa shape index (κ3) is 3.84. The molecule has 1 heterocycles. The average molecular weight is 318 g/mol. The number of rotatable bonds is 6. The predicted molar refractivity (Wildman–Crippen MR) is 83.8 cm³/mol. The van der Waals surface area contributed by atoms with E-state index < -0.39 is 17.8 Å². The van der Waals surface area contributed by atoms with Gasteiger partial charge in [0.2, 0.25) is 0 Å². The first kappa shape index (κ1) is 16.9. The summed E-state index contributed by atoms with van der Waals surface area (Å²) in [5.41, 5.74) is 2.32. The van der Waals surface area contributed by atoms with E-state index in [2.05, 4.69) is 4.98 Å². The summed E-state index contributed by atoms with van der Waals surface area (Å²) in [5.74, 6) is -1.53. The van der Waals surface area contributed by atoms with Gasteiger partial charge in [-0.1, -0.05) is 6.07 Å². The average Bonchev–Trinajstić information content (AvgIpc) is 2.49. The number of ether oxygens (including phenoxy) is 1. The highest BCUT2D eigenvalue weighted by molar-refractivity contribution is 5.75. The number of benzene rings is 1. The normalized spacial score (nSPS) is 12.2.